The van der Waals surface area contributed by atoms with Gasteiger partial charge in [0, 0.05) is 49.8 Å². The van der Waals surface area contributed by atoms with Gasteiger partial charge in [0.1, 0.15) is 0 Å². The second-order valence-electron chi connectivity index (χ2n) is 7.07. The van der Waals surface area contributed by atoms with Gasteiger partial charge < -0.3 is 14.8 Å². The highest BCUT2D eigenvalue weighted by molar-refractivity contribution is 5.85. The monoisotopic (exact) mass is 313 g/mol. The number of aryl methyl sites for hydroxylation is 2. The number of hydrogen-bond acceptors (Lipinski definition) is 2. The van der Waals surface area contributed by atoms with Crippen LogP contribution in [-0.4, -0.2) is 42.2 Å². The van der Waals surface area contributed by atoms with Crippen molar-refractivity contribution in [3.05, 3.63) is 35.5 Å². The minimum absolute atomic E-state index is 0.595. The lowest BCUT2D eigenvalue weighted by Crippen LogP contribution is -2.43. The maximum absolute atomic E-state index is 3.43. The van der Waals surface area contributed by atoms with E-state index in [0.717, 1.165) is 19.6 Å². The largest absolute Gasteiger partial charge is 0.347 e. The average molecular weight is 313 g/mol. The summed E-state index contributed by atoms with van der Waals surface area (Å²) in [6, 6.07) is 7.03. The van der Waals surface area contributed by atoms with Crippen LogP contribution in [0.5, 0.6) is 0 Å². The van der Waals surface area contributed by atoms with Crippen LogP contribution in [-0.2, 0) is 13.0 Å². The van der Waals surface area contributed by atoms with E-state index in [9.17, 15) is 0 Å². The van der Waals surface area contributed by atoms with Crippen molar-refractivity contribution in [3.8, 4) is 0 Å². The standard InChI is InChI=1S/C20H31N3/c1-4-23-15-18(6-5-11-22-12-9-21-10-13-22)19-14-17(16(2)3)7-8-20(19)23/h7-8,14-16,21H,4-6,9-13H2,1-3H3. The van der Waals surface area contributed by atoms with Crippen LogP contribution in [0.3, 0.4) is 0 Å². The van der Waals surface area contributed by atoms with Crippen LogP contribution in [0, 0.1) is 0 Å². The molecule has 3 rings (SSSR count). The molecule has 23 heavy (non-hydrogen) atoms. The first-order chi connectivity index (χ1) is 11.2. The zero-order chi connectivity index (χ0) is 16.2. The zero-order valence-electron chi connectivity index (χ0n) is 14.9. The minimum atomic E-state index is 0.595. The molecule has 0 saturated carbocycles. The maximum Gasteiger partial charge on any atom is 0.0483 e. The van der Waals surface area contributed by atoms with E-state index in [-0.39, 0.29) is 0 Å². The van der Waals surface area contributed by atoms with E-state index < -0.39 is 0 Å². The highest BCUT2D eigenvalue weighted by Crippen LogP contribution is 2.27. The Balaban J connectivity index is 1.74. The lowest BCUT2D eigenvalue weighted by atomic mass is 9.99. The molecule has 0 unspecified atom stereocenters. The summed E-state index contributed by atoms with van der Waals surface area (Å²) in [4.78, 5) is 2.59. The fourth-order valence-electron chi connectivity index (χ4n) is 3.64. The molecule has 2 heterocycles. The molecule has 0 spiro atoms. The van der Waals surface area contributed by atoms with Crippen LogP contribution in [0.4, 0.5) is 0 Å². The Labute approximate surface area is 140 Å². The molecule has 126 valence electrons. The first-order valence-electron chi connectivity index (χ1n) is 9.23. The number of nitrogens with one attached hydrogen (secondary N) is 1. The first-order valence-corrected chi connectivity index (χ1v) is 9.23. The van der Waals surface area contributed by atoms with Gasteiger partial charge in [-0.05, 0) is 55.5 Å². The molecule has 0 radical (unpaired) electrons. The van der Waals surface area contributed by atoms with Gasteiger partial charge in [-0.1, -0.05) is 19.9 Å². The number of hydrogen-bond donors (Lipinski definition) is 1. The van der Waals surface area contributed by atoms with Crippen LogP contribution < -0.4 is 5.32 Å². The van der Waals surface area contributed by atoms with E-state index in [4.69, 9.17) is 0 Å². The third kappa shape index (κ3) is 3.78. The summed E-state index contributed by atoms with van der Waals surface area (Å²) in [5, 5.41) is 4.90. The van der Waals surface area contributed by atoms with E-state index in [1.54, 1.807) is 0 Å². The number of benzene rings is 1. The fourth-order valence-corrected chi connectivity index (χ4v) is 3.64. The number of nitrogens with zero attached hydrogens (tertiary/aromatic N) is 2. The lowest BCUT2D eigenvalue weighted by Gasteiger charge is -2.27. The summed E-state index contributed by atoms with van der Waals surface area (Å²) in [5.41, 5.74) is 4.38. The van der Waals surface area contributed by atoms with Gasteiger partial charge in [0.25, 0.3) is 0 Å². The molecule has 0 amide bonds. The Morgan fingerprint density at radius 3 is 2.65 bits per heavy atom. The molecule has 1 N–H and O–H groups in total. The van der Waals surface area contributed by atoms with Crippen LogP contribution in [0.1, 0.15) is 44.2 Å². The van der Waals surface area contributed by atoms with E-state index in [0.29, 0.717) is 5.92 Å². The lowest BCUT2D eigenvalue weighted by molar-refractivity contribution is 0.238. The molecule has 1 aliphatic heterocycles. The molecule has 3 nitrogen and oxygen atoms in total. The molecular formula is C20H31N3. The summed E-state index contributed by atoms with van der Waals surface area (Å²) < 4.78 is 2.40. The molecule has 1 aliphatic rings. The van der Waals surface area contributed by atoms with Crippen molar-refractivity contribution in [2.24, 2.45) is 0 Å². The van der Waals surface area contributed by atoms with Crippen LogP contribution >= 0.6 is 0 Å². The summed E-state index contributed by atoms with van der Waals surface area (Å²) in [6.45, 7) is 13.8. The Bertz CT molecular complexity index is 636. The van der Waals surface area contributed by atoms with E-state index in [2.05, 4.69) is 60.0 Å². The van der Waals surface area contributed by atoms with Crippen LogP contribution in [0.2, 0.25) is 0 Å². The van der Waals surface area contributed by atoms with Gasteiger partial charge in [-0.15, -0.1) is 0 Å². The molecule has 0 aliphatic carbocycles. The second-order valence-corrected chi connectivity index (χ2v) is 7.07. The Hall–Kier alpha value is -1.32. The van der Waals surface area contributed by atoms with Gasteiger partial charge in [-0.25, -0.2) is 0 Å². The maximum atomic E-state index is 3.43. The highest BCUT2D eigenvalue weighted by atomic mass is 15.2. The van der Waals surface area contributed by atoms with Crippen molar-refractivity contribution in [2.75, 3.05) is 32.7 Å². The van der Waals surface area contributed by atoms with E-state index in [1.165, 1.54) is 54.5 Å². The first kappa shape index (κ1) is 16.5. The van der Waals surface area contributed by atoms with Crippen molar-refractivity contribution in [1.82, 2.24) is 14.8 Å². The molecule has 2 aromatic rings. The second kappa shape index (κ2) is 7.50. The predicted molar refractivity (Wildman–Crippen MR) is 99.3 cm³/mol. The van der Waals surface area contributed by atoms with Crippen molar-refractivity contribution < 1.29 is 0 Å². The van der Waals surface area contributed by atoms with Crippen molar-refractivity contribution >= 4 is 10.9 Å². The quantitative estimate of drug-likeness (QED) is 0.879. The number of aromatic nitrogens is 1. The number of piperazine rings is 1. The minimum Gasteiger partial charge on any atom is -0.347 e. The number of rotatable bonds is 6. The Kier molecular flexibility index (Phi) is 5.39. The summed E-state index contributed by atoms with van der Waals surface area (Å²) in [6.07, 6.45) is 4.83. The Morgan fingerprint density at radius 1 is 1.17 bits per heavy atom. The SMILES string of the molecule is CCn1cc(CCCN2CCNCC2)c2cc(C(C)C)ccc21. The third-order valence-electron chi connectivity index (χ3n) is 5.13. The topological polar surface area (TPSA) is 20.2 Å². The van der Waals surface area contributed by atoms with Crippen molar-refractivity contribution in [2.45, 2.75) is 46.1 Å². The summed E-state index contributed by atoms with van der Waals surface area (Å²) in [7, 11) is 0. The number of fused-ring (bicyclic) bond motifs is 1. The zero-order valence-corrected chi connectivity index (χ0v) is 14.9. The fraction of sp³-hybridized carbons (Fsp3) is 0.600. The molecule has 1 saturated heterocycles. The molecule has 1 aromatic carbocycles. The van der Waals surface area contributed by atoms with Crippen molar-refractivity contribution in [3.63, 3.8) is 0 Å². The van der Waals surface area contributed by atoms with Crippen molar-refractivity contribution in [1.29, 1.82) is 0 Å². The average Bonchev–Trinajstić information content (AvgIpc) is 2.93. The molecule has 3 heteroatoms. The van der Waals surface area contributed by atoms with Gasteiger partial charge in [-0.3, -0.25) is 0 Å². The van der Waals surface area contributed by atoms with Crippen LogP contribution in [0.15, 0.2) is 24.4 Å². The van der Waals surface area contributed by atoms with Gasteiger partial charge in [0.2, 0.25) is 0 Å². The Morgan fingerprint density at radius 2 is 1.96 bits per heavy atom. The predicted octanol–water partition coefficient (Wildman–Crippen LogP) is 3.62. The third-order valence-corrected chi connectivity index (χ3v) is 5.13. The van der Waals surface area contributed by atoms with E-state index >= 15 is 0 Å². The molecule has 1 fully saturated rings. The molecule has 0 atom stereocenters. The van der Waals surface area contributed by atoms with Gasteiger partial charge in [0.05, 0.1) is 0 Å². The molecule has 1 aromatic heterocycles. The summed E-state index contributed by atoms with van der Waals surface area (Å²) >= 11 is 0. The highest BCUT2D eigenvalue weighted by Gasteiger charge is 2.12. The summed E-state index contributed by atoms with van der Waals surface area (Å²) in [5.74, 6) is 0.595. The van der Waals surface area contributed by atoms with Gasteiger partial charge >= 0.3 is 0 Å². The molecule has 0 bridgehead atoms. The normalized spacial score (nSPS) is 16.5. The molecular weight excluding hydrogens is 282 g/mol. The van der Waals surface area contributed by atoms with Crippen LogP contribution in [0.25, 0.3) is 10.9 Å². The van der Waals surface area contributed by atoms with Gasteiger partial charge in [0.15, 0.2) is 0 Å². The smallest absolute Gasteiger partial charge is 0.0483 e. The van der Waals surface area contributed by atoms with Gasteiger partial charge in [-0.2, -0.15) is 0 Å². The van der Waals surface area contributed by atoms with E-state index in [1.807, 2.05) is 0 Å².